The van der Waals surface area contributed by atoms with E-state index in [0.717, 1.165) is 10.1 Å². The second-order valence-corrected chi connectivity index (χ2v) is 9.17. The lowest BCUT2D eigenvalue weighted by Crippen LogP contribution is -2.42. The maximum Gasteiger partial charge on any atom is 0.331 e. The van der Waals surface area contributed by atoms with Gasteiger partial charge in [-0.15, -0.1) is 0 Å². The van der Waals surface area contributed by atoms with Crippen LogP contribution in [0.15, 0.2) is 76.3 Å². The third-order valence-corrected chi connectivity index (χ3v) is 6.53. The van der Waals surface area contributed by atoms with Crippen LogP contribution in [0, 0.1) is 0 Å². The average molecular weight is 555 g/mol. The van der Waals surface area contributed by atoms with Gasteiger partial charge in [0.15, 0.2) is 0 Å². The number of benzene rings is 3. The van der Waals surface area contributed by atoms with Gasteiger partial charge in [-0.25, -0.2) is 4.79 Å². The molecule has 0 aliphatic heterocycles. The maximum atomic E-state index is 13.3. The summed E-state index contributed by atoms with van der Waals surface area (Å²) >= 11 is 12.3. The van der Waals surface area contributed by atoms with E-state index in [0.29, 0.717) is 27.0 Å². The van der Waals surface area contributed by atoms with Crippen molar-refractivity contribution in [3.63, 3.8) is 0 Å². The van der Waals surface area contributed by atoms with E-state index < -0.39 is 17.2 Å². The molecule has 0 fully saturated rings. The summed E-state index contributed by atoms with van der Waals surface area (Å²) in [6.07, 6.45) is -0.117. The molecule has 4 rings (SSSR count). The number of carbonyl (C=O) groups excluding carboxylic acids is 2. The largest absolute Gasteiger partial charge is 0.495 e. The van der Waals surface area contributed by atoms with Crippen molar-refractivity contribution in [1.82, 2.24) is 14.5 Å². The topological polar surface area (TPSA) is 111 Å². The molecule has 1 aromatic heterocycles. The number of nitrogens with one attached hydrogen (secondary N) is 2. The number of methoxy groups -OCH3 is 1. The molecule has 0 saturated carbocycles. The van der Waals surface area contributed by atoms with Gasteiger partial charge in [0.25, 0.3) is 5.56 Å². The highest BCUT2D eigenvalue weighted by atomic mass is 35.5. The summed E-state index contributed by atoms with van der Waals surface area (Å²) < 4.78 is 7.29. The Morgan fingerprint density at radius 1 is 0.895 bits per heavy atom. The second-order valence-electron chi connectivity index (χ2n) is 8.36. The van der Waals surface area contributed by atoms with E-state index in [1.165, 1.54) is 17.7 Å². The summed E-state index contributed by atoms with van der Waals surface area (Å²) in [4.78, 5) is 51.7. The number of rotatable bonds is 9. The standard InChI is InChI=1S/C27H24Cl2N4O5/c1-38-23-11-10-18(14-21(23)29)31-25(35)16-33-22-9-5-3-7-19(22)26(36)32(27(33)37)13-12-24(34)30-15-17-6-2-4-8-20(17)28/h2-11,14H,12-13,15-16H2,1H3,(H,30,34)(H,31,35). The summed E-state index contributed by atoms with van der Waals surface area (Å²) in [6, 6.07) is 18.4. The number of fused-ring (bicyclic) bond motifs is 1. The van der Waals surface area contributed by atoms with Crippen LogP contribution in [0.3, 0.4) is 0 Å². The zero-order chi connectivity index (χ0) is 27.2. The van der Waals surface area contributed by atoms with Gasteiger partial charge in [-0.2, -0.15) is 0 Å². The van der Waals surface area contributed by atoms with Gasteiger partial charge in [0.2, 0.25) is 11.8 Å². The van der Waals surface area contributed by atoms with Gasteiger partial charge in [-0.3, -0.25) is 23.5 Å². The van der Waals surface area contributed by atoms with E-state index in [9.17, 15) is 19.2 Å². The molecule has 9 nitrogen and oxygen atoms in total. The summed E-state index contributed by atoms with van der Waals surface area (Å²) in [5, 5.41) is 6.53. The van der Waals surface area contributed by atoms with Crippen molar-refractivity contribution < 1.29 is 14.3 Å². The van der Waals surface area contributed by atoms with Gasteiger partial charge in [0, 0.05) is 30.2 Å². The molecule has 0 aliphatic rings. The fourth-order valence-corrected chi connectivity index (χ4v) is 4.41. The van der Waals surface area contributed by atoms with Gasteiger partial charge in [-0.1, -0.05) is 53.5 Å². The first-order valence-corrected chi connectivity index (χ1v) is 12.4. The Bertz CT molecular complexity index is 1630. The maximum absolute atomic E-state index is 13.3. The number of nitrogens with zero attached hydrogens (tertiary/aromatic N) is 2. The first-order valence-electron chi connectivity index (χ1n) is 11.6. The molecule has 196 valence electrons. The van der Waals surface area contributed by atoms with Crippen molar-refractivity contribution in [3.8, 4) is 5.75 Å². The smallest absolute Gasteiger partial charge is 0.331 e. The van der Waals surface area contributed by atoms with E-state index >= 15 is 0 Å². The summed E-state index contributed by atoms with van der Waals surface area (Å²) in [5.74, 6) is -0.402. The van der Waals surface area contributed by atoms with E-state index in [4.69, 9.17) is 27.9 Å². The second kappa shape index (κ2) is 12.0. The van der Waals surface area contributed by atoms with Crippen molar-refractivity contribution >= 4 is 51.6 Å². The molecule has 0 spiro atoms. The van der Waals surface area contributed by atoms with Crippen LogP contribution in [0.1, 0.15) is 12.0 Å². The molecule has 2 amide bonds. The lowest BCUT2D eigenvalue weighted by atomic mass is 10.2. The van der Waals surface area contributed by atoms with Crippen LogP contribution in [0.25, 0.3) is 10.9 Å². The molecule has 1 heterocycles. The number of hydrogen-bond donors (Lipinski definition) is 2. The number of ether oxygens (including phenoxy) is 1. The summed E-state index contributed by atoms with van der Waals surface area (Å²) in [6.45, 7) is -0.306. The number of halogens is 2. The highest BCUT2D eigenvalue weighted by Crippen LogP contribution is 2.27. The van der Waals surface area contributed by atoms with Gasteiger partial charge in [0.05, 0.1) is 23.0 Å². The minimum Gasteiger partial charge on any atom is -0.495 e. The molecule has 0 radical (unpaired) electrons. The Morgan fingerprint density at radius 2 is 1.63 bits per heavy atom. The number of aromatic nitrogens is 2. The van der Waals surface area contributed by atoms with Crippen molar-refractivity contribution in [2.24, 2.45) is 0 Å². The Balaban J connectivity index is 1.54. The number of hydrogen-bond acceptors (Lipinski definition) is 5. The molecule has 11 heteroatoms. The van der Waals surface area contributed by atoms with Crippen LogP contribution in [0.4, 0.5) is 5.69 Å². The lowest BCUT2D eigenvalue weighted by molar-refractivity contribution is -0.121. The van der Waals surface area contributed by atoms with E-state index in [1.807, 2.05) is 6.07 Å². The van der Waals surface area contributed by atoms with Crippen LogP contribution in [-0.4, -0.2) is 28.1 Å². The van der Waals surface area contributed by atoms with E-state index in [1.54, 1.807) is 54.6 Å². The molecule has 4 aromatic rings. The van der Waals surface area contributed by atoms with Gasteiger partial charge >= 0.3 is 5.69 Å². The molecule has 0 unspecified atom stereocenters. The fraction of sp³-hybridized carbons (Fsp3) is 0.185. The first kappa shape index (κ1) is 27.0. The summed E-state index contributed by atoms with van der Waals surface area (Å²) in [5.41, 5.74) is 0.238. The zero-order valence-electron chi connectivity index (χ0n) is 20.4. The molecule has 0 aliphatic carbocycles. The zero-order valence-corrected chi connectivity index (χ0v) is 21.9. The Morgan fingerprint density at radius 3 is 2.37 bits per heavy atom. The molecule has 3 aromatic carbocycles. The Kier molecular flexibility index (Phi) is 8.50. The quantitative estimate of drug-likeness (QED) is 0.326. The summed E-state index contributed by atoms with van der Waals surface area (Å²) in [7, 11) is 1.48. The highest BCUT2D eigenvalue weighted by molar-refractivity contribution is 6.32. The first-order chi connectivity index (χ1) is 18.3. The molecular formula is C27H24Cl2N4O5. The highest BCUT2D eigenvalue weighted by Gasteiger charge is 2.17. The van der Waals surface area contributed by atoms with Gasteiger partial charge in [-0.05, 0) is 42.0 Å². The Hall–Kier alpha value is -4.08. The molecule has 0 bridgehead atoms. The van der Waals surface area contributed by atoms with Gasteiger partial charge in [0.1, 0.15) is 12.3 Å². The number of carbonyl (C=O) groups is 2. The van der Waals surface area contributed by atoms with Crippen molar-refractivity contribution in [1.29, 1.82) is 0 Å². The minimum atomic E-state index is -0.699. The van der Waals surface area contributed by atoms with Crippen LogP contribution in [-0.2, 0) is 29.2 Å². The van der Waals surface area contributed by atoms with Crippen LogP contribution < -0.4 is 26.6 Å². The van der Waals surface area contributed by atoms with Crippen molar-refractivity contribution in [2.45, 2.75) is 26.1 Å². The van der Waals surface area contributed by atoms with Crippen LogP contribution in [0.5, 0.6) is 5.75 Å². The van der Waals surface area contributed by atoms with Crippen LogP contribution >= 0.6 is 23.2 Å². The predicted molar refractivity (Wildman–Crippen MR) is 147 cm³/mol. The molecular weight excluding hydrogens is 531 g/mol. The van der Waals surface area contributed by atoms with E-state index in [2.05, 4.69) is 10.6 Å². The average Bonchev–Trinajstić information content (AvgIpc) is 2.90. The monoisotopic (exact) mass is 554 g/mol. The molecule has 38 heavy (non-hydrogen) atoms. The predicted octanol–water partition coefficient (Wildman–Crippen LogP) is 3.82. The van der Waals surface area contributed by atoms with Crippen molar-refractivity contribution in [3.05, 3.63) is 103 Å². The van der Waals surface area contributed by atoms with Crippen molar-refractivity contribution in [2.75, 3.05) is 12.4 Å². The molecule has 0 saturated heterocycles. The Labute approximate surface area is 227 Å². The normalized spacial score (nSPS) is 10.8. The number of amides is 2. The fourth-order valence-electron chi connectivity index (χ4n) is 3.95. The minimum absolute atomic E-state index is 0.117. The van der Waals surface area contributed by atoms with E-state index in [-0.39, 0.29) is 37.3 Å². The molecule has 2 N–H and O–H groups in total. The SMILES string of the molecule is COc1ccc(NC(=O)Cn2c(=O)n(CCC(=O)NCc3ccccc3Cl)c(=O)c3ccccc32)cc1Cl. The van der Waals surface area contributed by atoms with Crippen LogP contribution in [0.2, 0.25) is 10.0 Å². The lowest BCUT2D eigenvalue weighted by Gasteiger charge is -2.14. The third-order valence-electron chi connectivity index (χ3n) is 5.87. The number of para-hydroxylation sites is 1. The molecule has 0 atom stereocenters. The number of anilines is 1. The third kappa shape index (κ3) is 6.07. The van der Waals surface area contributed by atoms with Gasteiger partial charge < -0.3 is 15.4 Å².